The van der Waals surface area contributed by atoms with Crippen molar-refractivity contribution in [3.05, 3.63) is 190 Å². The van der Waals surface area contributed by atoms with E-state index in [4.69, 9.17) is 0 Å². The third-order valence-electron chi connectivity index (χ3n) is 11.4. The second-order valence-electron chi connectivity index (χ2n) is 15.6. The average Bonchev–Trinajstić information content (AvgIpc) is 3.76. The molecule has 252 valence electrons. The lowest BCUT2D eigenvalue weighted by Crippen LogP contribution is -2.31. The minimum absolute atomic E-state index is 0.433. The quantitative estimate of drug-likeness (QED) is 0.141. The van der Waals surface area contributed by atoms with Crippen LogP contribution in [-0.2, 0) is 12.8 Å². The summed E-state index contributed by atoms with van der Waals surface area (Å²) in [5.74, 6) is 0.866. The predicted molar refractivity (Wildman–Crippen MR) is 223 cm³/mol. The van der Waals surface area contributed by atoms with Gasteiger partial charge in [-0.3, -0.25) is 0 Å². The highest BCUT2D eigenvalue weighted by Crippen LogP contribution is 2.56. The van der Waals surface area contributed by atoms with Gasteiger partial charge >= 0.3 is 0 Å². The van der Waals surface area contributed by atoms with Crippen molar-refractivity contribution < 1.29 is 0 Å². The van der Waals surface area contributed by atoms with Crippen molar-refractivity contribution in [1.29, 1.82) is 0 Å². The summed E-state index contributed by atoms with van der Waals surface area (Å²) >= 11 is 0. The van der Waals surface area contributed by atoms with Crippen molar-refractivity contribution in [2.24, 2.45) is 0 Å². The number of fused-ring (bicyclic) bond motifs is 2. The summed E-state index contributed by atoms with van der Waals surface area (Å²) in [6, 6.07) is 55.0. The van der Waals surface area contributed by atoms with Crippen molar-refractivity contribution in [1.82, 2.24) is 0 Å². The molecule has 0 aromatic heterocycles. The topological polar surface area (TPSA) is 0 Å². The van der Waals surface area contributed by atoms with Gasteiger partial charge in [0.2, 0.25) is 0 Å². The zero-order valence-electron chi connectivity index (χ0n) is 30.9. The lowest BCUT2D eigenvalue weighted by Gasteiger charge is -2.33. The second-order valence-corrected chi connectivity index (χ2v) is 19.8. The van der Waals surface area contributed by atoms with Crippen molar-refractivity contribution in [2.45, 2.75) is 65.5 Å². The van der Waals surface area contributed by atoms with Crippen molar-refractivity contribution in [3.63, 3.8) is 0 Å². The first-order valence-electron chi connectivity index (χ1n) is 18.8. The average molecular weight is 677 g/mol. The van der Waals surface area contributed by atoms with Gasteiger partial charge in [-0.2, -0.15) is 0 Å². The molecule has 2 aliphatic carbocycles. The molecule has 0 unspecified atom stereocenters. The standard InChI is InChI=1S/C50H48Si/c1-33(2)39-25-13-15-27-41(39)43-29-17-23-37-31-45(35-19-9-7-10-20-35)49(47(37)43)51(5,6)50-46(36-21-11-8-12-22-36)32-38-24-18-30-44(48(38)50)42-28-16-14-26-40(42)34(3)4/h7-30,33-34H,31-32H2,1-6H3. The highest BCUT2D eigenvalue weighted by atomic mass is 28.3. The van der Waals surface area contributed by atoms with Gasteiger partial charge in [0.25, 0.3) is 0 Å². The number of hydrogen-bond donors (Lipinski definition) is 0. The molecule has 51 heavy (non-hydrogen) atoms. The first kappa shape index (κ1) is 33.2. The third kappa shape index (κ3) is 5.69. The number of benzene rings is 6. The number of allylic oxidation sites excluding steroid dienone is 2. The first-order valence-corrected chi connectivity index (χ1v) is 21.8. The summed E-state index contributed by atoms with van der Waals surface area (Å²) in [6.07, 6.45) is 1.92. The molecule has 8 rings (SSSR count). The van der Waals surface area contributed by atoms with Gasteiger partial charge in [-0.1, -0.05) is 186 Å². The molecule has 0 nitrogen and oxygen atoms in total. The smallest absolute Gasteiger partial charge is 0.0622 e. The van der Waals surface area contributed by atoms with Crippen LogP contribution in [0.3, 0.4) is 0 Å². The molecule has 1 heteroatoms. The zero-order chi connectivity index (χ0) is 35.3. The maximum Gasteiger partial charge on any atom is 0.114 e. The SMILES string of the molecule is CC(C)c1ccccc1-c1cccc2c1C([Si](C)(C)C1=C(c3ccccc3)Cc3cccc(-c4ccccc4C(C)C)c31)=C(c1ccccc1)C2. The van der Waals surface area contributed by atoms with Crippen LogP contribution in [0, 0.1) is 0 Å². The Morgan fingerprint density at radius 2 is 0.745 bits per heavy atom. The molecule has 2 aliphatic rings. The van der Waals surface area contributed by atoms with Crippen LogP contribution in [0.15, 0.2) is 146 Å². The van der Waals surface area contributed by atoms with E-state index in [2.05, 4.69) is 186 Å². The summed E-state index contributed by atoms with van der Waals surface area (Å²) in [7, 11) is -2.49. The molecule has 0 bridgehead atoms. The molecule has 0 fully saturated rings. The van der Waals surface area contributed by atoms with E-state index in [1.807, 2.05) is 0 Å². The van der Waals surface area contributed by atoms with E-state index in [1.54, 1.807) is 10.4 Å². The van der Waals surface area contributed by atoms with E-state index in [0.717, 1.165) is 12.8 Å². The molecular weight excluding hydrogens is 629 g/mol. The molecule has 0 atom stereocenters. The minimum Gasteiger partial charge on any atom is -0.0622 e. The Labute approximate surface area is 306 Å². The molecule has 6 aromatic rings. The Kier molecular flexibility index (Phi) is 8.64. The van der Waals surface area contributed by atoms with Gasteiger partial charge in [0.15, 0.2) is 0 Å². The molecule has 0 radical (unpaired) electrons. The van der Waals surface area contributed by atoms with Crippen LogP contribution in [0.25, 0.3) is 43.8 Å². The highest BCUT2D eigenvalue weighted by Gasteiger charge is 2.44. The van der Waals surface area contributed by atoms with E-state index >= 15 is 0 Å². The number of rotatable bonds is 8. The van der Waals surface area contributed by atoms with Crippen molar-refractivity contribution in [3.8, 4) is 22.3 Å². The first-order chi connectivity index (χ1) is 24.8. The summed E-state index contributed by atoms with van der Waals surface area (Å²) in [5.41, 5.74) is 19.9. The normalized spacial score (nSPS) is 14.1. The van der Waals surface area contributed by atoms with E-state index < -0.39 is 8.07 Å². The van der Waals surface area contributed by atoms with Gasteiger partial charge in [0.1, 0.15) is 8.07 Å². The number of hydrogen-bond acceptors (Lipinski definition) is 0. The Hall–Kier alpha value is -4.98. The van der Waals surface area contributed by atoms with Crippen LogP contribution in [0.5, 0.6) is 0 Å². The fraction of sp³-hybridized carbons (Fsp3) is 0.200. The van der Waals surface area contributed by atoms with Crippen molar-refractivity contribution >= 4 is 29.6 Å². The minimum atomic E-state index is -2.49. The highest BCUT2D eigenvalue weighted by molar-refractivity contribution is 7.10. The summed E-state index contributed by atoms with van der Waals surface area (Å²) in [4.78, 5) is 0. The van der Waals surface area contributed by atoms with E-state index in [9.17, 15) is 0 Å². The lowest BCUT2D eigenvalue weighted by molar-refractivity contribution is 0.869. The molecule has 0 heterocycles. The second kappa shape index (κ2) is 13.3. The Morgan fingerprint density at radius 3 is 1.14 bits per heavy atom. The zero-order valence-corrected chi connectivity index (χ0v) is 31.9. The van der Waals surface area contributed by atoms with Crippen LogP contribution in [-0.4, -0.2) is 8.07 Å². The third-order valence-corrected chi connectivity index (χ3v) is 15.0. The van der Waals surface area contributed by atoms with Gasteiger partial charge < -0.3 is 0 Å². The monoisotopic (exact) mass is 676 g/mol. The van der Waals surface area contributed by atoms with Crippen LogP contribution >= 0.6 is 0 Å². The van der Waals surface area contributed by atoms with Gasteiger partial charge in [-0.25, -0.2) is 0 Å². The summed E-state index contributed by atoms with van der Waals surface area (Å²) in [5, 5.41) is 3.20. The fourth-order valence-electron chi connectivity index (χ4n) is 9.16. The lowest BCUT2D eigenvalue weighted by atomic mass is 9.89. The maximum absolute atomic E-state index is 2.66. The van der Waals surface area contributed by atoms with Crippen LogP contribution < -0.4 is 0 Å². The van der Waals surface area contributed by atoms with Crippen LogP contribution in [0.4, 0.5) is 0 Å². The van der Waals surface area contributed by atoms with E-state index in [-0.39, 0.29) is 0 Å². The Morgan fingerprint density at radius 1 is 0.392 bits per heavy atom. The van der Waals surface area contributed by atoms with Gasteiger partial charge in [0, 0.05) is 0 Å². The molecular formula is C50H48Si. The van der Waals surface area contributed by atoms with E-state index in [0.29, 0.717) is 11.8 Å². The summed E-state index contributed by atoms with van der Waals surface area (Å²) in [6.45, 7) is 14.6. The van der Waals surface area contributed by atoms with Crippen LogP contribution in [0.2, 0.25) is 13.1 Å². The fourth-order valence-corrected chi connectivity index (χ4v) is 13.2. The molecule has 6 aromatic carbocycles. The van der Waals surface area contributed by atoms with Crippen LogP contribution in [0.1, 0.15) is 84.0 Å². The molecule has 0 N–H and O–H groups in total. The Bertz CT molecular complexity index is 2150. The van der Waals surface area contributed by atoms with Gasteiger partial charge in [0.05, 0.1) is 0 Å². The Balaban J connectivity index is 1.46. The molecule has 0 aliphatic heterocycles. The van der Waals surface area contributed by atoms with Gasteiger partial charge in [-0.05, 0) is 113 Å². The maximum atomic E-state index is 2.66. The molecule has 0 amide bonds. The van der Waals surface area contributed by atoms with Crippen molar-refractivity contribution in [2.75, 3.05) is 0 Å². The summed E-state index contributed by atoms with van der Waals surface area (Å²) < 4.78 is 0. The van der Waals surface area contributed by atoms with Gasteiger partial charge in [-0.15, -0.1) is 0 Å². The molecule has 0 spiro atoms. The molecule has 0 saturated carbocycles. The molecule has 0 saturated heterocycles. The predicted octanol–water partition coefficient (Wildman–Crippen LogP) is 13.7. The van der Waals surface area contributed by atoms with E-state index in [1.165, 1.54) is 77.9 Å². The largest absolute Gasteiger partial charge is 0.114 e.